The highest BCUT2D eigenvalue weighted by Gasteiger charge is 2.14. The van der Waals surface area contributed by atoms with Crippen molar-refractivity contribution in [3.8, 4) is 0 Å². The van der Waals surface area contributed by atoms with Crippen LogP contribution < -0.4 is 10.6 Å². The quantitative estimate of drug-likeness (QED) is 0.845. The fraction of sp³-hybridized carbons (Fsp3) is 0.611. The van der Waals surface area contributed by atoms with Gasteiger partial charge in [0.15, 0.2) is 0 Å². The molecule has 1 saturated heterocycles. The largest absolute Gasteiger partial charge is 0.356 e. The number of rotatable bonds is 6. The number of carbonyl (C=O) groups is 1. The molecule has 0 aromatic heterocycles. The van der Waals surface area contributed by atoms with Crippen LogP contribution in [0, 0.1) is 19.8 Å². The Morgan fingerprint density at radius 2 is 2.05 bits per heavy atom. The lowest BCUT2D eigenvalue weighted by Crippen LogP contribution is -2.30. The normalized spacial score (nSPS) is 15.9. The van der Waals surface area contributed by atoms with Gasteiger partial charge < -0.3 is 10.6 Å². The minimum absolute atomic E-state index is 0.207. The number of piperidine rings is 1. The minimum atomic E-state index is 0.207. The van der Waals surface area contributed by atoms with Gasteiger partial charge in [-0.1, -0.05) is 23.8 Å². The zero-order chi connectivity index (χ0) is 15.1. The first-order valence-electron chi connectivity index (χ1n) is 8.18. The molecule has 2 N–H and O–H groups in total. The Hall–Kier alpha value is -1.35. The SMILES string of the molecule is Cc1ccc(CCNC(=O)CCC2CCNCC2)c(C)c1. The van der Waals surface area contributed by atoms with Crippen molar-refractivity contribution in [3.05, 3.63) is 34.9 Å². The maximum atomic E-state index is 11.9. The van der Waals surface area contributed by atoms with E-state index in [4.69, 9.17) is 0 Å². The van der Waals surface area contributed by atoms with Crippen molar-refractivity contribution >= 4 is 5.91 Å². The van der Waals surface area contributed by atoms with E-state index in [1.54, 1.807) is 0 Å². The van der Waals surface area contributed by atoms with Crippen molar-refractivity contribution in [1.29, 1.82) is 0 Å². The van der Waals surface area contributed by atoms with Crippen molar-refractivity contribution in [3.63, 3.8) is 0 Å². The molecule has 2 rings (SSSR count). The average Bonchev–Trinajstić information content (AvgIpc) is 2.48. The van der Waals surface area contributed by atoms with Gasteiger partial charge in [-0.3, -0.25) is 4.79 Å². The highest BCUT2D eigenvalue weighted by molar-refractivity contribution is 5.75. The molecule has 3 heteroatoms. The van der Waals surface area contributed by atoms with Crippen molar-refractivity contribution < 1.29 is 4.79 Å². The topological polar surface area (TPSA) is 41.1 Å². The molecule has 0 spiro atoms. The summed E-state index contributed by atoms with van der Waals surface area (Å²) in [4.78, 5) is 11.9. The standard InChI is InChI=1S/C18H28N2O/c1-14-3-5-17(15(2)13-14)9-12-20-18(21)6-4-16-7-10-19-11-8-16/h3,5,13,16,19H,4,6-12H2,1-2H3,(H,20,21). The molecule has 0 saturated carbocycles. The van der Waals surface area contributed by atoms with Crippen LogP contribution in [0.5, 0.6) is 0 Å². The van der Waals surface area contributed by atoms with Gasteiger partial charge in [-0.25, -0.2) is 0 Å². The molecule has 0 unspecified atom stereocenters. The van der Waals surface area contributed by atoms with E-state index in [1.165, 1.54) is 29.5 Å². The number of nitrogens with one attached hydrogen (secondary N) is 2. The van der Waals surface area contributed by atoms with Gasteiger partial charge >= 0.3 is 0 Å². The van der Waals surface area contributed by atoms with Gasteiger partial charge in [0.05, 0.1) is 0 Å². The third kappa shape index (κ3) is 5.50. The molecular weight excluding hydrogens is 260 g/mol. The van der Waals surface area contributed by atoms with Crippen LogP contribution in [0.2, 0.25) is 0 Å². The summed E-state index contributed by atoms with van der Waals surface area (Å²) in [5.74, 6) is 0.939. The van der Waals surface area contributed by atoms with Crippen LogP contribution in [0.3, 0.4) is 0 Å². The lowest BCUT2D eigenvalue weighted by molar-refractivity contribution is -0.121. The number of hydrogen-bond donors (Lipinski definition) is 2. The van der Waals surface area contributed by atoms with Gasteiger partial charge in [-0.15, -0.1) is 0 Å². The first kappa shape index (κ1) is 16.0. The van der Waals surface area contributed by atoms with Gasteiger partial charge in [0.1, 0.15) is 0 Å². The second-order valence-corrected chi connectivity index (χ2v) is 6.26. The van der Waals surface area contributed by atoms with Crippen LogP contribution in [0.4, 0.5) is 0 Å². The molecule has 116 valence electrons. The molecule has 21 heavy (non-hydrogen) atoms. The van der Waals surface area contributed by atoms with Gasteiger partial charge in [-0.05, 0) is 69.7 Å². The van der Waals surface area contributed by atoms with E-state index < -0.39 is 0 Å². The Morgan fingerprint density at radius 1 is 1.29 bits per heavy atom. The van der Waals surface area contributed by atoms with E-state index in [9.17, 15) is 4.79 Å². The summed E-state index contributed by atoms with van der Waals surface area (Å²) in [5, 5.41) is 6.42. The Balaban J connectivity index is 1.64. The summed E-state index contributed by atoms with van der Waals surface area (Å²) >= 11 is 0. The lowest BCUT2D eigenvalue weighted by atomic mass is 9.93. The van der Waals surface area contributed by atoms with E-state index in [1.807, 2.05) is 0 Å². The van der Waals surface area contributed by atoms with Crippen LogP contribution in [0.15, 0.2) is 18.2 Å². The van der Waals surface area contributed by atoms with E-state index in [-0.39, 0.29) is 5.91 Å². The third-order valence-corrected chi connectivity index (χ3v) is 4.45. The Bertz CT molecular complexity index is 464. The molecule has 1 amide bonds. The Kier molecular flexibility index (Phi) is 6.24. The smallest absolute Gasteiger partial charge is 0.220 e. The van der Waals surface area contributed by atoms with Crippen LogP contribution >= 0.6 is 0 Å². The molecule has 1 aromatic rings. The summed E-state index contributed by atoms with van der Waals surface area (Å²) < 4.78 is 0. The van der Waals surface area contributed by atoms with Crippen LogP contribution in [-0.2, 0) is 11.2 Å². The van der Waals surface area contributed by atoms with Crippen molar-refractivity contribution in [2.24, 2.45) is 5.92 Å². The first-order valence-corrected chi connectivity index (χ1v) is 8.18. The van der Waals surface area contributed by atoms with E-state index in [2.05, 4.69) is 42.7 Å². The summed E-state index contributed by atoms with van der Waals surface area (Å²) in [6.45, 7) is 7.22. The second kappa shape index (κ2) is 8.18. The average molecular weight is 288 g/mol. The van der Waals surface area contributed by atoms with E-state index in [0.29, 0.717) is 6.42 Å². The molecule has 0 bridgehead atoms. The molecule has 1 aliphatic heterocycles. The molecule has 0 atom stereocenters. The van der Waals surface area contributed by atoms with Crippen LogP contribution in [-0.4, -0.2) is 25.5 Å². The number of hydrogen-bond acceptors (Lipinski definition) is 2. The van der Waals surface area contributed by atoms with Gasteiger partial charge in [0, 0.05) is 13.0 Å². The second-order valence-electron chi connectivity index (χ2n) is 6.26. The molecule has 0 radical (unpaired) electrons. The predicted molar refractivity (Wildman–Crippen MR) is 87.5 cm³/mol. The van der Waals surface area contributed by atoms with E-state index in [0.717, 1.165) is 38.4 Å². The predicted octanol–water partition coefficient (Wildman–Crippen LogP) is 2.74. The van der Waals surface area contributed by atoms with Crippen LogP contribution in [0.25, 0.3) is 0 Å². The van der Waals surface area contributed by atoms with Gasteiger partial charge in [0.25, 0.3) is 0 Å². The Labute approximate surface area is 128 Å². The summed E-state index contributed by atoms with van der Waals surface area (Å²) in [6, 6.07) is 6.52. The molecule has 1 aromatic carbocycles. The zero-order valence-corrected chi connectivity index (χ0v) is 13.4. The fourth-order valence-corrected chi connectivity index (χ4v) is 3.06. The first-order chi connectivity index (χ1) is 10.1. The van der Waals surface area contributed by atoms with Gasteiger partial charge in [0.2, 0.25) is 5.91 Å². The number of carbonyl (C=O) groups excluding carboxylic acids is 1. The molecular formula is C18H28N2O. The number of aryl methyl sites for hydroxylation is 2. The molecule has 0 aliphatic carbocycles. The number of amides is 1. The van der Waals surface area contributed by atoms with Crippen molar-refractivity contribution in [2.75, 3.05) is 19.6 Å². The molecule has 1 heterocycles. The Morgan fingerprint density at radius 3 is 2.76 bits per heavy atom. The van der Waals surface area contributed by atoms with Crippen LogP contribution in [0.1, 0.15) is 42.4 Å². The minimum Gasteiger partial charge on any atom is -0.356 e. The summed E-state index contributed by atoms with van der Waals surface area (Å²) in [5.41, 5.74) is 3.94. The molecule has 1 aliphatic rings. The molecule has 1 fully saturated rings. The summed E-state index contributed by atoms with van der Waals surface area (Å²) in [6.07, 6.45) is 5.07. The monoisotopic (exact) mass is 288 g/mol. The summed E-state index contributed by atoms with van der Waals surface area (Å²) in [7, 11) is 0. The maximum Gasteiger partial charge on any atom is 0.220 e. The maximum absolute atomic E-state index is 11.9. The third-order valence-electron chi connectivity index (χ3n) is 4.45. The zero-order valence-electron chi connectivity index (χ0n) is 13.4. The fourth-order valence-electron chi connectivity index (χ4n) is 3.06. The highest BCUT2D eigenvalue weighted by atomic mass is 16.1. The highest BCUT2D eigenvalue weighted by Crippen LogP contribution is 2.17. The van der Waals surface area contributed by atoms with Gasteiger partial charge in [-0.2, -0.15) is 0 Å². The lowest BCUT2D eigenvalue weighted by Gasteiger charge is -2.22. The number of benzene rings is 1. The van der Waals surface area contributed by atoms with Crippen molar-refractivity contribution in [2.45, 2.75) is 46.0 Å². The van der Waals surface area contributed by atoms with E-state index >= 15 is 0 Å². The molecule has 3 nitrogen and oxygen atoms in total. The van der Waals surface area contributed by atoms with Crippen molar-refractivity contribution in [1.82, 2.24) is 10.6 Å².